The van der Waals surface area contributed by atoms with Gasteiger partial charge in [0.05, 0.1) is 11.4 Å². The fraction of sp³-hybridized carbons (Fsp3) is 0. The van der Waals surface area contributed by atoms with E-state index in [0.29, 0.717) is 5.69 Å². The van der Waals surface area contributed by atoms with Gasteiger partial charge in [0.15, 0.2) is 0 Å². The standard InChI is InChI=1S/C18H11BrF2N2O2/c19-16-15(22-17(24)11-4-6-12(20)7-5-11)8-9-23(18(16)25)14-3-1-2-13(21)10-14/h1-10H,(H,22,24). The molecule has 1 N–H and O–H groups in total. The maximum Gasteiger partial charge on any atom is 0.271 e. The highest BCUT2D eigenvalue weighted by molar-refractivity contribution is 9.10. The number of hydrogen-bond donors (Lipinski definition) is 1. The second-order valence-corrected chi connectivity index (χ2v) is 5.95. The molecule has 0 saturated heterocycles. The molecule has 25 heavy (non-hydrogen) atoms. The van der Waals surface area contributed by atoms with Gasteiger partial charge in [-0.15, -0.1) is 0 Å². The highest BCUT2D eigenvalue weighted by Gasteiger charge is 2.13. The third-order valence-electron chi connectivity index (χ3n) is 3.47. The van der Waals surface area contributed by atoms with Gasteiger partial charge in [0, 0.05) is 11.8 Å². The maximum absolute atomic E-state index is 13.3. The lowest BCUT2D eigenvalue weighted by Crippen LogP contribution is -2.21. The topological polar surface area (TPSA) is 51.1 Å². The summed E-state index contributed by atoms with van der Waals surface area (Å²) in [6.07, 6.45) is 1.43. The number of aromatic nitrogens is 1. The van der Waals surface area contributed by atoms with Crippen LogP contribution in [-0.4, -0.2) is 10.5 Å². The highest BCUT2D eigenvalue weighted by atomic mass is 79.9. The Kier molecular flexibility index (Phi) is 4.76. The summed E-state index contributed by atoms with van der Waals surface area (Å²) in [6, 6.07) is 12.1. The van der Waals surface area contributed by atoms with E-state index in [0.717, 1.165) is 0 Å². The van der Waals surface area contributed by atoms with E-state index in [2.05, 4.69) is 21.2 Å². The molecule has 1 aromatic heterocycles. The highest BCUT2D eigenvalue weighted by Crippen LogP contribution is 2.20. The third-order valence-corrected chi connectivity index (χ3v) is 4.24. The normalized spacial score (nSPS) is 10.5. The van der Waals surface area contributed by atoms with Crippen molar-refractivity contribution in [1.82, 2.24) is 4.57 Å². The molecular formula is C18H11BrF2N2O2. The largest absolute Gasteiger partial charge is 0.321 e. The molecule has 7 heteroatoms. The molecule has 3 aromatic rings. The first-order chi connectivity index (χ1) is 12.0. The van der Waals surface area contributed by atoms with Gasteiger partial charge in [-0.1, -0.05) is 6.07 Å². The van der Waals surface area contributed by atoms with Crippen molar-refractivity contribution in [3.05, 3.63) is 92.8 Å². The monoisotopic (exact) mass is 404 g/mol. The number of nitrogens with one attached hydrogen (secondary N) is 1. The molecule has 0 saturated carbocycles. The predicted octanol–water partition coefficient (Wildman–Crippen LogP) is 4.13. The third kappa shape index (κ3) is 3.66. The van der Waals surface area contributed by atoms with E-state index >= 15 is 0 Å². The van der Waals surface area contributed by atoms with Gasteiger partial charge in [-0.25, -0.2) is 8.78 Å². The van der Waals surface area contributed by atoms with Gasteiger partial charge in [-0.2, -0.15) is 0 Å². The zero-order chi connectivity index (χ0) is 18.0. The lowest BCUT2D eigenvalue weighted by molar-refractivity contribution is 0.102. The number of anilines is 1. The Morgan fingerprint density at radius 2 is 1.72 bits per heavy atom. The Balaban J connectivity index is 1.91. The minimum absolute atomic E-state index is 0.120. The maximum atomic E-state index is 13.3. The average molecular weight is 405 g/mol. The molecule has 0 aliphatic rings. The molecule has 0 aliphatic heterocycles. The summed E-state index contributed by atoms with van der Waals surface area (Å²) in [6.45, 7) is 0. The molecular weight excluding hydrogens is 394 g/mol. The fourth-order valence-electron chi connectivity index (χ4n) is 2.23. The summed E-state index contributed by atoms with van der Waals surface area (Å²) < 4.78 is 27.6. The van der Waals surface area contributed by atoms with Gasteiger partial charge in [0.25, 0.3) is 11.5 Å². The molecule has 0 spiro atoms. The van der Waals surface area contributed by atoms with Gasteiger partial charge in [-0.05, 0) is 64.5 Å². The second-order valence-electron chi connectivity index (χ2n) is 5.16. The van der Waals surface area contributed by atoms with Gasteiger partial charge in [0.2, 0.25) is 0 Å². The van der Waals surface area contributed by atoms with Crippen molar-refractivity contribution in [2.24, 2.45) is 0 Å². The smallest absolute Gasteiger partial charge is 0.271 e. The van der Waals surface area contributed by atoms with E-state index in [1.165, 1.54) is 59.3 Å². The summed E-state index contributed by atoms with van der Waals surface area (Å²) in [4.78, 5) is 24.6. The van der Waals surface area contributed by atoms with E-state index < -0.39 is 23.1 Å². The molecule has 126 valence electrons. The number of amides is 1. The van der Waals surface area contributed by atoms with Crippen LogP contribution in [0.25, 0.3) is 5.69 Å². The van der Waals surface area contributed by atoms with Gasteiger partial charge in [0.1, 0.15) is 16.1 Å². The Bertz CT molecular complexity index is 1000. The molecule has 1 amide bonds. The SMILES string of the molecule is O=C(Nc1ccn(-c2cccc(F)c2)c(=O)c1Br)c1ccc(F)cc1. The predicted molar refractivity (Wildman–Crippen MR) is 94.1 cm³/mol. The van der Waals surface area contributed by atoms with E-state index in [1.54, 1.807) is 6.07 Å². The van der Waals surface area contributed by atoms with Crippen LogP contribution < -0.4 is 10.9 Å². The molecule has 2 aromatic carbocycles. The van der Waals surface area contributed by atoms with Crippen molar-refractivity contribution in [3.8, 4) is 5.69 Å². The number of nitrogens with zero attached hydrogens (tertiary/aromatic N) is 1. The average Bonchev–Trinajstić information content (AvgIpc) is 2.59. The van der Waals surface area contributed by atoms with Crippen LogP contribution >= 0.6 is 15.9 Å². The summed E-state index contributed by atoms with van der Waals surface area (Å²) in [5.41, 5.74) is 0.416. The summed E-state index contributed by atoms with van der Waals surface area (Å²) >= 11 is 3.16. The number of benzene rings is 2. The zero-order valence-corrected chi connectivity index (χ0v) is 14.3. The quantitative estimate of drug-likeness (QED) is 0.713. The number of carbonyl (C=O) groups is 1. The first-order valence-electron chi connectivity index (χ1n) is 7.20. The van der Waals surface area contributed by atoms with Crippen molar-refractivity contribution in [1.29, 1.82) is 0 Å². The van der Waals surface area contributed by atoms with Crippen LogP contribution in [0, 0.1) is 11.6 Å². The lowest BCUT2D eigenvalue weighted by Gasteiger charge is -2.11. The Morgan fingerprint density at radius 1 is 1.00 bits per heavy atom. The Hall–Kier alpha value is -2.80. The van der Waals surface area contributed by atoms with Crippen molar-refractivity contribution >= 4 is 27.5 Å². The molecule has 1 heterocycles. The summed E-state index contributed by atoms with van der Waals surface area (Å²) in [5, 5.41) is 2.58. The van der Waals surface area contributed by atoms with Gasteiger partial charge < -0.3 is 5.32 Å². The minimum atomic E-state index is -0.483. The first-order valence-corrected chi connectivity index (χ1v) is 7.99. The molecule has 0 bridgehead atoms. The Morgan fingerprint density at radius 3 is 2.40 bits per heavy atom. The van der Waals surface area contributed by atoms with E-state index in [4.69, 9.17) is 0 Å². The van der Waals surface area contributed by atoms with Crippen LogP contribution in [0.4, 0.5) is 14.5 Å². The molecule has 0 fully saturated rings. The van der Waals surface area contributed by atoms with Crippen molar-refractivity contribution in [2.45, 2.75) is 0 Å². The van der Waals surface area contributed by atoms with E-state index in [1.807, 2.05) is 0 Å². The van der Waals surface area contributed by atoms with Crippen LogP contribution in [-0.2, 0) is 0 Å². The second kappa shape index (κ2) is 6.98. The molecule has 3 rings (SSSR count). The number of rotatable bonds is 3. The molecule has 0 atom stereocenters. The van der Waals surface area contributed by atoms with Crippen LogP contribution in [0.2, 0.25) is 0 Å². The van der Waals surface area contributed by atoms with Gasteiger partial charge in [-0.3, -0.25) is 14.2 Å². The van der Waals surface area contributed by atoms with Crippen molar-refractivity contribution in [2.75, 3.05) is 5.32 Å². The molecule has 0 radical (unpaired) electrons. The summed E-state index contributed by atoms with van der Waals surface area (Å²) in [7, 11) is 0. The van der Waals surface area contributed by atoms with E-state index in [9.17, 15) is 18.4 Å². The van der Waals surface area contributed by atoms with Crippen LogP contribution in [0.5, 0.6) is 0 Å². The van der Waals surface area contributed by atoms with Crippen molar-refractivity contribution in [3.63, 3.8) is 0 Å². The minimum Gasteiger partial charge on any atom is -0.321 e. The Labute approximate surface area is 149 Å². The van der Waals surface area contributed by atoms with Crippen molar-refractivity contribution < 1.29 is 13.6 Å². The van der Waals surface area contributed by atoms with E-state index in [-0.39, 0.29) is 15.7 Å². The molecule has 0 unspecified atom stereocenters. The number of hydrogen-bond acceptors (Lipinski definition) is 2. The fourth-order valence-corrected chi connectivity index (χ4v) is 2.65. The van der Waals surface area contributed by atoms with Crippen LogP contribution in [0.3, 0.4) is 0 Å². The lowest BCUT2D eigenvalue weighted by atomic mass is 10.2. The molecule has 4 nitrogen and oxygen atoms in total. The number of carbonyl (C=O) groups excluding carboxylic acids is 1. The van der Waals surface area contributed by atoms with Gasteiger partial charge >= 0.3 is 0 Å². The van der Waals surface area contributed by atoms with Crippen LogP contribution in [0.15, 0.2) is 70.1 Å². The number of halogens is 3. The first kappa shape index (κ1) is 17.0. The zero-order valence-electron chi connectivity index (χ0n) is 12.7. The molecule has 0 aliphatic carbocycles. The summed E-state index contributed by atoms with van der Waals surface area (Å²) in [5.74, 6) is -1.40. The number of pyridine rings is 1. The van der Waals surface area contributed by atoms with Crippen LogP contribution in [0.1, 0.15) is 10.4 Å².